The Morgan fingerprint density at radius 1 is 0.517 bits per heavy atom. The summed E-state index contributed by atoms with van der Waals surface area (Å²) in [5, 5.41) is 2.96. The number of anilines is 5. The molecule has 4 aromatic carbocycles. The highest BCUT2D eigenvalue weighted by Gasteiger charge is 2.12. The maximum Gasteiger partial charge on any atom is 0.108 e. The van der Waals surface area contributed by atoms with Gasteiger partial charge in [0.25, 0.3) is 0 Å². The fraction of sp³-hybridized carbons (Fsp3) is 0.0400. The Balaban J connectivity index is 1.66. The number of nitroso groups, excluding NO2 is 1. The number of rotatable bonds is 6. The summed E-state index contributed by atoms with van der Waals surface area (Å²) in [7, 11) is 2.00. The van der Waals surface area contributed by atoms with Crippen LogP contribution in [0.4, 0.5) is 34.1 Å². The van der Waals surface area contributed by atoms with E-state index in [0.717, 1.165) is 28.4 Å². The van der Waals surface area contributed by atoms with E-state index in [4.69, 9.17) is 0 Å². The van der Waals surface area contributed by atoms with E-state index >= 15 is 0 Å². The summed E-state index contributed by atoms with van der Waals surface area (Å²) in [4.78, 5) is 14.9. The normalized spacial score (nSPS) is 10.4. The molecule has 0 fully saturated rings. The first-order valence-electron chi connectivity index (χ1n) is 9.44. The van der Waals surface area contributed by atoms with Crippen molar-refractivity contribution in [3.63, 3.8) is 0 Å². The van der Waals surface area contributed by atoms with Gasteiger partial charge in [-0.2, -0.15) is 0 Å². The van der Waals surface area contributed by atoms with Gasteiger partial charge in [-0.05, 0) is 78.0 Å². The van der Waals surface area contributed by atoms with Crippen molar-refractivity contribution in [3.8, 4) is 0 Å². The van der Waals surface area contributed by atoms with Gasteiger partial charge in [-0.1, -0.05) is 36.4 Å². The maximum atomic E-state index is 10.6. The molecule has 0 amide bonds. The number of nitrogens with zero attached hydrogens (tertiary/aromatic N) is 3. The summed E-state index contributed by atoms with van der Waals surface area (Å²) in [6, 6.07) is 36.3. The molecule has 0 aliphatic rings. The first kappa shape index (κ1) is 18.4. The quantitative estimate of drug-likeness (QED) is 0.329. The van der Waals surface area contributed by atoms with E-state index in [2.05, 4.69) is 63.5 Å². The van der Waals surface area contributed by atoms with E-state index in [1.165, 1.54) is 0 Å². The van der Waals surface area contributed by atoms with Gasteiger partial charge < -0.3 is 9.80 Å². The highest BCUT2D eigenvalue weighted by Crippen LogP contribution is 2.35. The van der Waals surface area contributed by atoms with Crippen molar-refractivity contribution in [1.29, 1.82) is 0 Å². The zero-order chi connectivity index (χ0) is 20.1. The van der Waals surface area contributed by atoms with Crippen LogP contribution in [0.1, 0.15) is 0 Å². The highest BCUT2D eigenvalue weighted by molar-refractivity contribution is 5.77. The Kier molecular flexibility index (Phi) is 5.34. The minimum absolute atomic E-state index is 0.430. The number of hydrogen-bond donors (Lipinski definition) is 0. The average molecular weight is 379 g/mol. The second kappa shape index (κ2) is 8.40. The van der Waals surface area contributed by atoms with Crippen molar-refractivity contribution in [2.45, 2.75) is 0 Å². The molecule has 0 heterocycles. The SMILES string of the molecule is CN(c1ccc(N=O)cc1)c1ccc(N(c2ccccc2)c2ccccc2)cc1. The van der Waals surface area contributed by atoms with Gasteiger partial charge in [0.1, 0.15) is 5.69 Å². The van der Waals surface area contributed by atoms with E-state index < -0.39 is 0 Å². The molecule has 0 saturated carbocycles. The van der Waals surface area contributed by atoms with Crippen LogP contribution in [-0.2, 0) is 0 Å². The Labute approximate surface area is 170 Å². The molecule has 0 unspecified atom stereocenters. The molecule has 4 rings (SSSR count). The van der Waals surface area contributed by atoms with Gasteiger partial charge in [-0.15, -0.1) is 4.91 Å². The summed E-state index contributed by atoms with van der Waals surface area (Å²) < 4.78 is 0. The van der Waals surface area contributed by atoms with E-state index in [-0.39, 0.29) is 0 Å². The largest absolute Gasteiger partial charge is 0.345 e. The molecular formula is C25H21N3O. The van der Waals surface area contributed by atoms with E-state index in [9.17, 15) is 4.91 Å². The van der Waals surface area contributed by atoms with Crippen LogP contribution in [0.5, 0.6) is 0 Å². The minimum Gasteiger partial charge on any atom is -0.345 e. The monoisotopic (exact) mass is 379 g/mol. The minimum atomic E-state index is 0.430. The third-order valence-corrected chi connectivity index (χ3v) is 4.87. The summed E-state index contributed by atoms with van der Waals surface area (Å²) in [6.07, 6.45) is 0. The van der Waals surface area contributed by atoms with Crippen LogP contribution in [-0.4, -0.2) is 7.05 Å². The van der Waals surface area contributed by atoms with Crippen molar-refractivity contribution >= 4 is 34.1 Å². The van der Waals surface area contributed by atoms with Crippen molar-refractivity contribution in [2.75, 3.05) is 16.8 Å². The predicted octanol–water partition coefficient (Wildman–Crippen LogP) is 7.32. The number of hydrogen-bond acceptors (Lipinski definition) is 4. The van der Waals surface area contributed by atoms with Crippen LogP contribution in [0.3, 0.4) is 0 Å². The fourth-order valence-electron chi connectivity index (χ4n) is 3.31. The molecule has 0 N–H and O–H groups in total. The van der Waals surface area contributed by atoms with Crippen LogP contribution in [0.25, 0.3) is 0 Å². The fourth-order valence-corrected chi connectivity index (χ4v) is 3.31. The molecule has 0 aromatic heterocycles. The van der Waals surface area contributed by atoms with Crippen molar-refractivity contribution < 1.29 is 0 Å². The van der Waals surface area contributed by atoms with Gasteiger partial charge in [0.15, 0.2) is 0 Å². The van der Waals surface area contributed by atoms with Crippen LogP contribution < -0.4 is 9.80 Å². The van der Waals surface area contributed by atoms with Crippen molar-refractivity contribution in [3.05, 3.63) is 114 Å². The maximum absolute atomic E-state index is 10.6. The molecular weight excluding hydrogens is 358 g/mol. The molecule has 29 heavy (non-hydrogen) atoms. The molecule has 0 aliphatic carbocycles. The molecule has 142 valence electrons. The lowest BCUT2D eigenvalue weighted by molar-refractivity contribution is 1.20. The Morgan fingerprint density at radius 3 is 1.34 bits per heavy atom. The third-order valence-electron chi connectivity index (χ3n) is 4.87. The van der Waals surface area contributed by atoms with Gasteiger partial charge in [-0.25, -0.2) is 0 Å². The summed E-state index contributed by atoms with van der Waals surface area (Å²) in [5.41, 5.74) is 5.78. The van der Waals surface area contributed by atoms with Crippen LogP contribution in [0, 0.1) is 4.91 Å². The first-order chi connectivity index (χ1) is 14.3. The second-order valence-corrected chi connectivity index (χ2v) is 6.69. The highest BCUT2D eigenvalue weighted by atomic mass is 16.3. The van der Waals surface area contributed by atoms with Gasteiger partial charge in [-0.3, -0.25) is 0 Å². The lowest BCUT2D eigenvalue weighted by Gasteiger charge is -2.26. The van der Waals surface area contributed by atoms with Crippen molar-refractivity contribution in [2.24, 2.45) is 5.18 Å². The second-order valence-electron chi connectivity index (χ2n) is 6.69. The summed E-state index contributed by atoms with van der Waals surface area (Å²) in [6.45, 7) is 0. The molecule has 4 heteroatoms. The lowest BCUT2D eigenvalue weighted by Crippen LogP contribution is -2.11. The molecule has 0 aliphatic heterocycles. The van der Waals surface area contributed by atoms with Crippen molar-refractivity contribution in [1.82, 2.24) is 0 Å². The molecule has 0 atom stereocenters. The molecule has 0 spiro atoms. The Hall–Kier alpha value is -3.92. The van der Waals surface area contributed by atoms with Gasteiger partial charge in [0.05, 0.1) is 0 Å². The molecule has 0 saturated heterocycles. The van der Waals surface area contributed by atoms with E-state index in [1.807, 2.05) is 55.6 Å². The smallest absolute Gasteiger partial charge is 0.108 e. The van der Waals surface area contributed by atoms with E-state index in [0.29, 0.717) is 5.69 Å². The Bertz CT molecular complexity index is 1020. The standard InChI is InChI=1S/C25H21N3O/c1-27(21-14-12-20(26-29)13-15-21)22-16-18-25(19-17-22)28(23-8-4-2-5-9-23)24-10-6-3-7-11-24/h2-19H,1H3. The third kappa shape index (κ3) is 4.01. The number of benzene rings is 4. The van der Waals surface area contributed by atoms with Crippen LogP contribution >= 0.6 is 0 Å². The van der Waals surface area contributed by atoms with Gasteiger partial charge in [0, 0.05) is 35.5 Å². The zero-order valence-electron chi connectivity index (χ0n) is 16.1. The molecule has 4 nitrogen and oxygen atoms in total. The average Bonchev–Trinajstić information content (AvgIpc) is 2.81. The molecule has 4 aromatic rings. The zero-order valence-corrected chi connectivity index (χ0v) is 16.1. The summed E-state index contributed by atoms with van der Waals surface area (Å²) in [5.74, 6) is 0. The van der Waals surface area contributed by atoms with Crippen LogP contribution in [0.2, 0.25) is 0 Å². The van der Waals surface area contributed by atoms with Crippen LogP contribution in [0.15, 0.2) is 114 Å². The van der Waals surface area contributed by atoms with E-state index in [1.54, 1.807) is 12.1 Å². The molecule has 0 bridgehead atoms. The number of para-hydroxylation sites is 2. The Morgan fingerprint density at radius 2 is 0.897 bits per heavy atom. The predicted molar refractivity (Wildman–Crippen MR) is 121 cm³/mol. The lowest BCUT2D eigenvalue weighted by atomic mass is 10.1. The summed E-state index contributed by atoms with van der Waals surface area (Å²) >= 11 is 0. The van der Waals surface area contributed by atoms with Gasteiger partial charge >= 0.3 is 0 Å². The topological polar surface area (TPSA) is 35.9 Å². The van der Waals surface area contributed by atoms with Gasteiger partial charge in [0.2, 0.25) is 0 Å². The first-order valence-corrected chi connectivity index (χ1v) is 9.44. The molecule has 0 radical (unpaired) electrons.